The predicted octanol–water partition coefficient (Wildman–Crippen LogP) is 1.70. The van der Waals surface area contributed by atoms with Crippen LogP contribution in [0.25, 0.3) is 0 Å². The molecule has 0 aromatic heterocycles. The van der Waals surface area contributed by atoms with Gasteiger partial charge in [0.1, 0.15) is 5.78 Å². The monoisotopic (exact) mass is 189 g/mol. The van der Waals surface area contributed by atoms with Crippen LogP contribution >= 0.6 is 12.4 Å². The topological polar surface area (TPSA) is 29.1 Å². The standard InChI is InChI=1S/C9H15NO.ClH/c1-7(2)6-8-9(11)4-3-5-10-8;/h8,10H,1,3-6H2,2H3;1H. The summed E-state index contributed by atoms with van der Waals surface area (Å²) in [5.74, 6) is 0.347. The Labute approximate surface area is 79.8 Å². The summed E-state index contributed by atoms with van der Waals surface area (Å²) in [6, 6.07) is 0.0567. The lowest BCUT2D eigenvalue weighted by molar-refractivity contribution is -0.122. The largest absolute Gasteiger partial charge is 0.307 e. The third-order valence-electron chi connectivity index (χ3n) is 1.93. The average Bonchev–Trinajstić information content (AvgIpc) is 1.93. The van der Waals surface area contributed by atoms with Crippen molar-refractivity contribution in [2.24, 2.45) is 0 Å². The Bertz CT molecular complexity index is 179. The second-order valence-corrected chi connectivity index (χ2v) is 3.24. The number of rotatable bonds is 2. The van der Waals surface area contributed by atoms with Crippen LogP contribution in [0, 0.1) is 0 Å². The van der Waals surface area contributed by atoms with Gasteiger partial charge in [-0.3, -0.25) is 4.79 Å². The second kappa shape index (κ2) is 5.33. The van der Waals surface area contributed by atoms with Crippen molar-refractivity contribution in [3.8, 4) is 0 Å². The van der Waals surface area contributed by atoms with E-state index in [1.54, 1.807) is 0 Å². The fourth-order valence-electron chi connectivity index (χ4n) is 1.36. The van der Waals surface area contributed by atoms with E-state index in [0.717, 1.165) is 31.4 Å². The van der Waals surface area contributed by atoms with Crippen LogP contribution in [0.1, 0.15) is 26.2 Å². The molecule has 1 fully saturated rings. The normalized spacial score (nSPS) is 23.1. The van der Waals surface area contributed by atoms with E-state index in [9.17, 15) is 4.79 Å². The summed E-state index contributed by atoms with van der Waals surface area (Å²) < 4.78 is 0. The summed E-state index contributed by atoms with van der Waals surface area (Å²) in [5.41, 5.74) is 1.08. The molecule has 1 unspecified atom stereocenters. The van der Waals surface area contributed by atoms with Crippen LogP contribution in [0.4, 0.5) is 0 Å². The molecule has 3 heteroatoms. The van der Waals surface area contributed by atoms with Gasteiger partial charge in [0.05, 0.1) is 6.04 Å². The first-order chi connectivity index (χ1) is 5.20. The quantitative estimate of drug-likeness (QED) is 0.670. The SMILES string of the molecule is C=C(C)CC1NCCCC1=O.Cl. The molecule has 0 aromatic carbocycles. The number of piperidine rings is 1. The molecule has 1 rings (SSSR count). The first kappa shape index (κ1) is 11.7. The van der Waals surface area contributed by atoms with Crippen LogP contribution in [0.15, 0.2) is 12.2 Å². The highest BCUT2D eigenvalue weighted by Crippen LogP contribution is 2.10. The number of nitrogens with one attached hydrogen (secondary N) is 1. The number of hydrogen-bond donors (Lipinski definition) is 1. The van der Waals surface area contributed by atoms with Gasteiger partial charge in [0.2, 0.25) is 0 Å². The van der Waals surface area contributed by atoms with Crippen molar-refractivity contribution >= 4 is 18.2 Å². The van der Waals surface area contributed by atoms with Crippen molar-refractivity contribution in [1.29, 1.82) is 0 Å². The molecule has 0 radical (unpaired) electrons. The molecule has 0 aromatic rings. The zero-order valence-corrected chi connectivity index (χ0v) is 8.25. The first-order valence-electron chi connectivity index (χ1n) is 4.10. The highest BCUT2D eigenvalue weighted by Gasteiger charge is 2.20. The summed E-state index contributed by atoms with van der Waals surface area (Å²) in [6.45, 7) is 6.73. The van der Waals surface area contributed by atoms with Gasteiger partial charge >= 0.3 is 0 Å². The van der Waals surface area contributed by atoms with E-state index in [1.807, 2.05) is 6.92 Å². The maximum absolute atomic E-state index is 11.2. The van der Waals surface area contributed by atoms with Gasteiger partial charge in [-0.15, -0.1) is 19.0 Å². The number of Topliss-reactive ketones (excluding diaryl/α,β-unsaturated/α-hetero) is 1. The smallest absolute Gasteiger partial charge is 0.150 e. The van der Waals surface area contributed by atoms with E-state index in [1.165, 1.54) is 0 Å². The number of carbonyl (C=O) groups is 1. The molecule has 1 aliphatic rings. The van der Waals surface area contributed by atoms with Crippen LogP contribution in [-0.2, 0) is 4.79 Å². The van der Waals surface area contributed by atoms with Gasteiger partial charge in [-0.1, -0.05) is 5.57 Å². The molecule has 1 aliphatic heterocycles. The summed E-state index contributed by atoms with van der Waals surface area (Å²) in [4.78, 5) is 11.2. The minimum Gasteiger partial charge on any atom is -0.307 e. The zero-order valence-electron chi connectivity index (χ0n) is 7.43. The highest BCUT2D eigenvalue weighted by molar-refractivity contribution is 5.85. The van der Waals surface area contributed by atoms with E-state index in [2.05, 4.69) is 11.9 Å². The first-order valence-corrected chi connectivity index (χ1v) is 4.10. The lowest BCUT2D eigenvalue weighted by Crippen LogP contribution is -2.41. The Balaban J connectivity index is 0.00000121. The maximum Gasteiger partial charge on any atom is 0.150 e. The molecule has 0 amide bonds. The molecule has 0 aliphatic carbocycles. The van der Waals surface area contributed by atoms with Gasteiger partial charge in [-0.05, 0) is 26.3 Å². The molecule has 1 heterocycles. The number of halogens is 1. The van der Waals surface area contributed by atoms with Crippen LogP contribution in [0.3, 0.4) is 0 Å². The summed E-state index contributed by atoms with van der Waals surface area (Å²) in [7, 11) is 0. The summed E-state index contributed by atoms with van der Waals surface area (Å²) in [6.07, 6.45) is 2.54. The van der Waals surface area contributed by atoms with Crippen molar-refractivity contribution in [3.63, 3.8) is 0 Å². The molecule has 0 saturated carbocycles. The maximum atomic E-state index is 11.2. The van der Waals surface area contributed by atoms with Crippen LogP contribution < -0.4 is 5.32 Å². The third-order valence-corrected chi connectivity index (χ3v) is 1.93. The zero-order chi connectivity index (χ0) is 8.27. The van der Waals surface area contributed by atoms with E-state index in [4.69, 9.17) is 0 Å². The van der Waals surface area contributed by atoms with Gasteiger partial charge in [0.15, 0.2) is 0 Å². The number of hydrogen-bond acceptors (Lipinski definition) is 2. The van der Waals surface area contributed by atoms with Crippen molar-refractivity contribution < 1.29 is 4.79 Å². The Morgan fingerprint density at radius 1 is 1.75 bits per heavy atom. The Morgan fingerprint density at radius 3 is 2.92 bits per heavy atom. The van der Waals surface area contributed by atoms with E-state index in [-0.39, 0.29) is 18.4 Å². The highest BCUT2D eigenvalue weighted by atomic mass is 35.5. The van der Waals surface area contributed by atoms with Crippen molar-refractivity contribution in [3.05, 3.63) is 12.2 Å². The molecule has 1 saturated heterocycles. The fourth-order valence-corrected chi connectivity index (χ4v) is 1.36. The Hall–Kier alpha value is -0.340. The molecule has 70 valence electrons. The second-order valence-electron chi connectivity index (χ2n) is 3.24. The van der Waals surface area contributed by atoms with Gasteiger partial charge in [-0.2, -0.15) is 0 Å². The molecule has 2 nitrogen and oxygen atoms in total. The van der Waals surface area contributed by atoms with Crippen LogP contribution in [-0.4, -0.2) is 18.4 Å². The number of carbonyl (C=O) groups excluding carboxylic acids is 1. The van der Waals surface area contributed by atoms with Crippen LogP contribution in [0.5, 0.6) is 0 Å². The molecule has 0 bridgehead atoms. The minimum absolute atomic E-state index is 0. The van der Waals surface area contributed by atoms with Gasteiger partial charge in [0.25, 0.3) is 0 Å². The molecular weight excluding hydrogens is 174 g/mol. The van der Waals surface area contributed by atoms with Gasteiger partial charge in [0, 0.05) is 6.42 Å². The molecule has 1 atom stereocenters. The lowest BCUT2D eigenvalue weighted by atomic mass is 9.98. The molecule has 12 heavy (non-hydrogen) atoms. The summed E-state index contributed by atoms with van der Waals surface area (Å²) in [5, 5.41) is 3.19. The van der Waals surface area contributed by atoms with E-state index >= 15 is 0 Å². The predicted molar refractivity (Wildman–Crippen MR) is 52.7 cm³/mol. The van der Waals surface area contributed by atoms with E-state index < -0.39 is 0 Å². The lowest BCUT2D eigenvalue weighted by Gasteiger charge is -2.21. The minimum atomic E-state index is 0. The Kier molecular flexibility index (Phi) is 5.18. The molecular formula is C9H16ClNO. The Morgan fingerprint density at radius 2 is 2.42 bits per heavy atom. The van der Waals surface area contributed by atoms with Crippen molar-refractivity contribution in [2.45, 2.75) is 32.2 Å². The molecule has 1 N–H and O–H groups in total. The number of ketones is 1. The summed E-state index contributed by atoms with van der Waals surface area (Å²) >= 11 is 0. The average molecular weight is 190 g/mol. The third kappa shape index (κ3) is 3.37. The van der Waals surface area contributed by atoms with Crippen molar-refractivity contribution in [1.82, 2.24) is 5.32 Å². The van der Waals surface area contributed by atoms with Crippen molar-refractivity contribution in [2.75, 3.05) is 6.54 Å². The van der Waals surface area contributed by atoms with Gasteiger partial charge < -0.3 is 5.32 Å². The van der Waals surface area contributed by atoms with Gasteiger partial charge in [-0.25, -0.2) is 0 Å². The van der Waals surface area contributed by atoms with E-state index in [0.29, 0.717) is 5.78 Å². The molecule has 0 spiro atoms. The fraction of sp³-hybridized carbons (Fsp3) is 0.667. The van der Waals surface area contributed by atoms with Crippen LogP contribution in [0.2, 0.25) is 0 Å².